The highest BCUT2D eigenvalue weighted by atomic mass is 19.1. The summed E-state index contributed by atoms with van der Waals surface area (Å²) in [6, 6.07) is 11.9. The van der Waals surface area contributed by atoms with E-state index in [-0.39, 0.29) is 12.2 Å². The Morgan fingerprint density at radius 3 is 2.30 bits per heavy atom. The number of nitrogens with zero attached hydrogens (tertiary/aromatic N) is 2. The summed E-state index contributed by atoms with van der Waals surface area (Å²) >= 11 is 0. The number of benzene rings is 2. The van der Waals surface area contributed by atoms with Gasteiger partial charge in [-0.1, -0.05) is 12.1 Å². The maximum absolute atomic E-state index is 13.7. The van der Waals surface area contributed by atoms with Crippen LogP contribution in [0.15, 0.2) is 53.3 Å². The predicted molar refractivity (Wildman–Crippen MR) is 109 cm³/mol. The van der Waals surface area contributed by atoms with E-state index >= 15 is 0 Å². The molecule has 0 fully saturated rings. The molecule has 9 heteroatoms. The van der Waals surface area contributed by atoms with E-state index in [1.807, 2.05) is 0 Å². The second-order valence-corrected chi connectivity index (χ2v) is 6.16. The van der Waals surface area contributed by atoms with Crippen molar-refractivity contribution in [3.63, 3.8) is 0 Å². The number of aromatic nitrogens is 2. The van der Waals surface area contributed by atoms with Gasteiger partial charge in [0, 0.05) is 11.6 Å². The number of rotatable bonds is 7. The molecule has 1 N–H and O–H groups in total. The first-order valence-electron chi connectivity index (χ1n) is 8.89. The minimum absolute atomic E-state index is 0.0244. The number of carbonyl (C=O) groups is 1. The molecule has 3 aromatic rings. The Balaban J connectivity index is 1.91. The molecule has 1 heterocycles. The standard InChI is InChI=1S/C21H20FN3O5/c1-28-17-10-13(11-18(29-2)21(17)30-3)15-8-9-20(27)25(24-15)12-19(26)23-16-7-5-4-6-14(16)22/h4-11H,12H2,1-3H3,(H,23,26). The molecule has 0 unspecified atom stereocenters. The van der Waals surface area contributed by atoms with Gasteiger partial charge in [0.1, 0.15) is 12.4 Å². The number of nitrogens with one attached hydrogen (secondary N) is 1. The van der Waals surface area contributed by atoms with Crippen molar-refractivity contribution < 1.29 is 23.4 Å². The molecule has 0 spiro atoms. The number of hydrogen-bond donors (Lipinski definition) is 1. The third kappa shape index (κ3) is 4.40. The van der Waals surface area contributed by atoms with Gasteiger partial charge in [0.25, 0.3) is 5.56 Å². The number of amides is 1. The molecular weight excluding hydrogens is 393 g/mol. The first-order valence-corrected chi connectivity index (χ1v) is 8.89. The smallest absolute Gasteiger partial charge is 0.267 e. The summed E-state index contributed by atoms with van der Waals surface area (Å²) in [5.41, 5.74) is 0.548. The lowest BCUT2D eigenvalue weighted by molar-refractivity contribution is -0.117. The van der Waals surface area contributed by atoms with Crippen LogP contribution in [0.2, 0.25) is 0 Å². The minimum atomic E-state index is -0.586. The first kappa shape index (κ1) is 20.8. The first-order chi connectivity index (χ1) is 14.5. The summed E-state index contributed by atoms with van der Waals surface area (Å²) in [5.74, 6) is 0.0998. The Kier molecular flexibility index (Phi) is 6.31. The molecule has 3 rings (SSSR count). The van der Waals surface area contributed by atoms with Crippen molar-refractivity contribution in [2.75, 3.05) is 26.6 Å². The number of ether oxygens (including phenoxy) is 3. The van der Waals surface area contributed by atoms with Crippen LogP contribution in [-0.4, -0.2) is 37.0 Å². The molecule has 1 aromatic heterocycles. The summed E-state index contributed by atoms with van der Waals surface area (Å²) in [6.45, 7) is -0.383. The molecular formula is C21H20FN3O5. The van der Waals surface area contributed by atoms with Crippen molar-refractivity contribution >= 4 is 11.6 Å². The highest BCUT2D eigenvalue weighted by Gasteiger charge is 2.16. The lowest BCUT2D eigenvalue weighted by Gasteiger charge is -2.14. The molecule has 0 atom stereocenters. The number of para-hydroxylation sites is 1. The predicted octanol–water partition coefficient (Wildman–Crippen LogP) is 2.71. The molecule has 0 aliphatic heterocycles. The van der Waals surface area contributed by atoms with Crippen LogP contribution in [0.25, 0.3) is 11.3 Å². The second kappa shape index (κ2) is 9.08. The largest absolute Gasteiger partial charge is 0.493 e. The van der Waals surface area contributed by atoms with Crippen LogP contribution in [-0.2, 0) is 11.3 Å². The molecule has 2 aromatic carbocycles. The molecule has 0 saturated carbocycles. The van der Waals surface area contributed by atoms with Crippen molar-refractivity contribution in [2.45, 2.75) is 6.54 Å². The van der Waals surface area contributed by atoms with Crippen molar-refractivity contribution in [3.05, 3.63) is 64.7 Å². The molecule has 30 heavy (non-hydrogen) atoms. The van der Waals surface area contributed by atoms with Crippen LogP contribution < -0.4 is 25.1 Å². The Bertz CT molecular complexity index is 1100. The normalized spacial score (nSPS) is 10.4. The van der Waals surface area contributed by atoms with Gasteiger partial charge in [-0.25, -0.2) is 9.07 Å². The van der Waals surface area contributed by atoms with Gasteiger partial charge in [0.05, 0.1) is 32.7 Å². The van der Waals surface area contributed by atoms with Gasteiger partial charge in [-0.2, -0.15) is 5.10 Å². The minimum Gasteiger partial charge on any atom is -0.493 e. The van der Waals surface area contributed by atoms with Crippen LogP contribution >= 0.6 is 0 Å². The molecule has 8 nitrogen and oxygen atoms in total. The zero-order valence-corrected chi connectivity index (χ0v) is 16.6. The lowest BCUT2D eigenvalue weighted by atomic mass is 10.1. The molecule has 0 saturated heterocycles. The molecule has 156 valence electrons. The van der Waals surface area contributed by atoms with Crippen LogP contribution in [0, 0.1) is 5.82 Å². The van der Waals surface area contributed by atoms with Crippen molar-refractivity contribution in [3.8, 4) is 28.5 Å². The molecule has 1 amide bonds. The maximum atomic E-state index is 13.7. The van der Waals surface area contributed by atoms with Crippen LogP contribution in [0.1, 0.15) is 0 Å². The third-order valence-electron chi connectivity index (χ3n) is 4.27. The van der Waals surface area contributed by atoms with Crippen molar-refractivity contribution in [1.29, 1.82) is 0 Å². The fourth-order valence-corrected chi connectivity index (χ4v) is 2.83. The van der Waals surface area contributed by atoms with E-state index in [2.05, 4.69) is 10.4 Å². The van der Waals surface area contributed by atoms with E-state index in [4.69, 9.17) is 14.2 Å². The molecule has 0 aliphatic carbocycles. The van der Waals surface area contributed by atoms with Gasteiger partial charge in [-0.05, 0) is 30.3 Å². The average molecular weight is 413 g/mol. The summed E-state index contributed by atoms with van der Waals surface area (Å²) in [4.78, 5) is 24.5. The van der Waals surface area contributed by atoms with E-state index in [1.54, 1.807) is 18.2 Å². The number of carbonyl (C=O) groups excluding carboxylic acids is 1. The average Bonchev–Trinajstić information content (AvgIpc) is 2.75. The van der Waals surface area contributed by atoms with E-state index in [1.165, 1.54) is 51.7 Å². The van der Waals surface area contributed by atoms with E-state index in [0.29, 0.717) is 28.5 Å². The molecule has 0 radical (unpaired) electrons. The van der Waals surface area contributed by atoms with E-state index < -0.39 is 17.3 Å². The van der Waals surface area contributed by atoms with Gasteiger partial charge in [-0.15, -0.1) is 0 Å². The highest BCUT2D eigenvalue weighted by Crippen LogP contribution is 2.40. The number of methoxy groups -OCH3 is 3. The SMILES string of the molecule is COc1cc(-c2ccc(=O)n(CC(=O)Nc3ccccc3F)n2)cc(OC)c1OC. The Morgan fingerprint density at radius 1 is 1.03 bits per heavy atom. The van der Waals surface area contributed by atoms with Crippen LogP contribution in [0.5, 0.6) is 17.2 Å². The van der Waals surface area contributed by atoms with Gasteiger partial charge < -0.3 is 19.5 Å². The molecule has 0 bridgehead atoms. The van der Waals surface area contributed by atoms with Crippen LogP contribution in [0.4, 0.5) is 10.1 Å². The highest BCUT2D eigenvalue weighted by molar-refractivity contribution is 5.90. The maximum Gasteiger partial charge on any atom is 0.267 e. The quantitative estimate of drug-likeness (QED) is 0.640. The zero-order chi connectivity index (χ0) is 21.7. The van der Waals surface area contributed by atoms with E-state index in [0.717, 1.165) is 4.68 Å². The Morgan fingerprint density at radius 2 is 1.70 bits per heavy atom. The summed E-state index contributed by atoms with van der Waals surface area (Å²) in [7, 11) is 4.47. The lowest BCUT2D eigenvalue weighted by Crippen LogP contribution is -2.29. The zero-order valence-electron chi connectivity index (χ0n) is 16.6. The monoisotopic (exact) mass is 413 g/mol. The summed E-state index contributed by atoms with van der Waals surface area (Å²) < 4.78 is 30.7. The number of hydrogen-bond acceptors (Lipinski definition) is 6. The van der Waals surface area contributed by atoms with Crippen molar-refractivity contribution in [2.24, 2.45) is 0 Å². The van der Waals surface area contributed by atoms with Gasteiger partial charge in [0.2, 0.25) is 11.7 Å². The fourth-order valence-electron chi connectivity index (χ4n) is 2.83. The van der Waals surface area contributed by atoms with Gasteiger partial charge >= 0.3 is 0 Å². The Hall–Kier alpha value is -3.88. The number of anilines is 1. The molecule has 0 aliphatic rings. The van der Waals surface area contributed by atoms with Gasteiger partial charge in [0.15, 0.2) is 11.5 Å². The van der Waals surface area contributed by atoms with Gasteiger partial charge in [-0.3, -0.25) is 9.59 Å². The summed E-state index contributed by atoms with van der Waals surface area (Å²) in [6.07, 6.45) is 0. The Labute approximate surface area is 171 Å². The summed E-state index contributed by atoms with van der Waals surface area (Å²) in [5, 5.41) is 6.68. The number of halogens is 1. The topological polar surface area (TPSA) is 91.7 Å². The van der Waals surface area contributed by atoms with E-state index in [9.17, 15) is 14.0 Å². The van der Waals surface area contributed by atoms with Crippen molar-refractivity contribution in [1.82, 2.24) is 9.78 Å². The van der Waals surface area contributed by atoms with Crippen LogP contribution in [0.3, 0.4) is 0 Å². The fraction of sp³-hybridized carbons (Fsp3) is 0.190. The third-order valence-corrected chi connectivity index (χ3v) is 4.27. The second-order valence-electron chi connectivity index (χ2n) is 6.16.